The van der Waals surface area contributed by atoms with E-state index in [0.717, 1.165) is 79.1 Å². The minimum Gasteiger partial charge on any atom is -0.484 e. The number of fused-ring (bicyclic) bond motifs is 4. The van der Waals surface area contributed by atoms with Gasteiger partial charge in [-0.2, -0.15) is 12.1 Å². The third-order valence-electron chi connectivity index (χ3n) is 10.3. The molecule has 0 aliphatic rings. The summed E-state index contributed by atoms with van der Waals surface area (Å²) in [6, 6.07) is 64.7. The zero-order valence-electron chi connectivity index (χ0n) is 30.5. The Morgan fingerprint density at radius 3 is 2.02 bits per heavy atom. The second-order valence-electron chi connectivity index (χ2n) is 13.6. The summed E-state index contributed by atoms with van der Waals surface area (Å²) in [5.41, 5.74) is 11.8. The van der Waals surface area contributed by atoms with Crippen LogP contribution in [0.15, 0.2) is 182 Å². The average molecular weight is 903 g/mol. The first-order chi connectivity index (χ1) is 27.2. The molecule has 0 saturated carbocycles. The molecule has 7 aromatic carbocycles. The van der Waals surface area contributed by atoms with Crippen molar-refractivity contribution in [3.8, 4) is 50.9 Å². The summed E-state index contributed by atoms with van der Waals surface area (Å²) in [5, 5.41) is 2.32. The van der Waals surface area contributed by atoms with Gasteiger partial charge in [-0.3, -0.25) is 9.13 Å². The molecule has 3 aromatic heterocycles. The van der Waals surface area contributed by atoms with Gasteiger partial charge in [-0.25, -0.2) is 4.98 Å². The monoisotopic (exact) mass is 902 g/mol. The molecule has 0 spiro atoms. The van der Waals surface area contributed by atoms with E-state index in [4.69, 9.17) is 9.72 Å². The van der Waals surface area contributed by atoms with Crippen molar-refractivity contribution in [1.82, 2.24) is 14.1 Å². The third-order valence-corrected chi connectivity index (χ3v) is 10.3. The van der Waals surface area contributed by atoms with Crippen molar-refractivity contribution in [2.75, 3.05) is 0 Å². The predicted octanol–water partition coefficient (Wildman–Crippen LogP) is 11.7. The molecule has 0 atom stereocenters. The summed E-state index contributed by atoms with van der Waals surface area (Å²) < 4.78 is 13.1. The van der Waals surface area contributed by atoms with E-state index in [0.29, 0.717) is 5.75 Å². The smallest absolute Gasteiger partial charge is 0.484 e. The Morgan fingerprint density at radius 1 is 0.607 bits per heavy atom. The quantitative estimate of drug-likeness (QED) is 0.113. The van der Waals surface area contributed by atoms with Gasteiger partial charge in [0, 0.05) is 28.8 Å². The number of hydrogen-bond acceptors (Lipinski definition) is 2. The average Bonchev–Trinajstić information content (AvgIpc) is 3.80. The first-order valence-corrected chi connectivity index (χ1v) is 18.6. The van der Waals surface area contributed by atoms with Crippen molar-refractivity contribution in [1.29, 1.82) is 0 Å². The van der Waals surface area contributed by atoms with Gasteiger partial charge in [-0.1, -0.05) is 128 Å². The largest absolute Gasteiger partial charge is 2.00 e. The van der Waals surface area contributed by atoms with Crippen molar-refractivity contribution >= 4 is 32.8 Å². The fourth-order valence-electron chi connectivity index (χ4n) is 7.71. The Hall–Kier alpha value is -6.55. The Morgan fingerprint density at radius 2 is 1.27 bits per heavy atom. The van der Waals surface area contributed by atoms with Gasteiger partial charge in [0.2, 0.25) is 0 Å². The summed E-state index contributed by atoms with van der Waals surface area (Å²) >= 11 is 0. The summed E-state index contributed by atoms with van der Waals surface area (Å²) in [7, 11) is 0. The van der Waals surface area contributed by atoms with E-state index in [1.807, 2.05) is 24.4 Å². The maximum atomic E-state index is 6.61. The zero-order valence-corrected chi connectivity index (χ0v) is 32.8. The van der Waals surface area contributed by atoms with Gasteiger partial charge in [0.05, 0.1) is 27.8 Å². The van der Waals surface area contributed by atoms with Gasteiger partial charge in [0.15, 0.2) is 0 Å². The number of ether oxygens (including phenoxy) is 1. The van der Waals surface area contributed by atoms with Crippen molar-refractivity contribution in [2.24, 2.45) is 0 Å². The molecular formula is C50H35N4OPt+. The van der Waals surface area contributed by atoms with E-state index in [9.17, 15) is 0 Å². The number of pyridine rings is 1. The fourth-order valence-corrected chi connectivity index (χ4v) is 7.71. The minimum atomic E-state index is 0. The molecule has 0 unspecified atom stereocenters. The molecule has 10 rings (SSSR count). The van der Waals surface area contributed by atoms with Crippen LogP contribution < -0.4 is 9.30 Å². The maximum Gasteiger partial charge on any atom is 2.00 e. The van der Waals surface area contributed by atoms with Gasteiger partial charge in [0.1, 0.15) is 11.6 Å². The molecular weight excluding hydrogens is 868 g/mol. The molecule has 0 saturated heterocycles. The molecule has 0 aliphatic carbocycles. The van der Waals surface area contributed by atoms with Crippen molar-refractivity contribution in [2.45, 2.75) is 13.3 Å². The van der Waals surface area contributed by atoms with E-state index >= 15 is 0 Å². The van der Waals surface area contributed by atoms with Gasteiger partial charge in [-0.05, 0) is 70.3 Å². The second-order valence-corrected chi connectivity index (χ2v) is 13.6. The minimum absolute atomic E-state index is 0. The number of nitrogens with zero attached hydrogens (tertiary/aromatic N) is 4. The van der Waals surface area contributed by atoms with Gasteiger partial charge >= 0.3 is 21.1 Å². The second kappa shape index (κ2) is 14.9. The maximum absolute atomic E-state index is 6.61. The predicted molar refractivity (Wildman–Crippen MR) is 221 cm³/mol. The number of aryl methyl sites for hydroxylation is 1. The van der Waals surface area contributed by atoms with Crippen LogP contribution in [0.1, 0.15) is 12.5 Å². The number of benzene rings is 7. The molecule has 56 heavy (non-hydrogen) atoms. The molecule has 3 heterocycles. The van der Waals surface area contributed by atoms with E-state index in [-0.39, 0.29) is 21.1 Å². The van der Waals surface area contributed by atoms with Crippen LogP contribution in [0.5, 0.6) is 11.5 Å². The Labute approximate surface area is 340 Å². The molecule has 270 valence electrons. The van der Waals surface area contributed by atoms with Crippen molar-refractivity contribution < 1.29 is 30.4 Å². The molecule has 0 bridgehead atoms. The Kier molecular flexibility index (Phi) is 9.38. The first-order valence-electron chi connectivity index (χ1n) is 18.6. The van der Waals surface area contributed by atoms with Crippen molar-refractivity contribution in [3.63, 3.8) is 0 Å². The number of aromatic nitrogens is 4. The number of rotatable bonds is 8. The zero-order chi connectivity index (χ0) is 36.7. The Bertz CT molecular complexity index is 2950. The van der Waals surface area contributed by atoms with Gasteiger partial charge in [-0.15, -0.1) is 12.1 Å². The number of hydrogen-bond donors (Lipinski definition) is 0. The van der Waals surface area contributed by atoms with Gasteiger partial charge < -0.3 is 9.30 Å². The van der Waals surface area contributed by atoms with Crippen LogP contribution in [-0.4, -0.2) is 14.1 Å². The third kappa shape index (κ3) is 6.20. The topological polar surface area (TPSA) is 35.9 Å². The standard InChI is InChI=1S/C50H35N4O.Pt/c1-2-35-29-30-51-49(31-35)54-45-24-10-9-21-43(45)44-28-27-40(33-48(44)54)55-39-20-13-19-38(32-39)52-34-53(47-26-12-11-25-46(47)52)50-41(36-15-5-3-6-16-36)22-14-23-42(50)37-17-7-4-8-18-37;/h3-31,33H,2H2,1H3;/q-1;+2. The van der Waals surface area contributed by atoms with E-state index in [2.05, 4.69) is 191 Å². The summed E-state index contributed by atoms with van der Waals surface area (Å²) in [5.74, 6) is 2.22. The van der Waals surface area contributed by atoms with Crippen LogP contribution in [0.2, 0.25) is 0 Å². The number of para-hydroxylation sites is 4. The first kappa shape index (κ1) is 35.2. The molecule has 0 N–H and O–H groups in total. The summed E-state index contributed by atoms with van der Waals surface area (Å²) in [4.78, 5) is 4.79. The van der Waals surface area contributed by atoms with Crippen LogP contribution in [-0.2, 0) is 27.5 Å². The molecule has 0 fully saturated rings. The molecule has 0 aliphatic heterocycles. The van der Waals surface area contributed by atoms with Gasteiger partial charge in [0.25, 0.3) is 6.33 Å². The molecule has 0 amide bonds. The fraction of sp³-hybridized carbons (Fsp3) is 0.0400. The summed E-state index contributed by atoms with van der Waals surface area (Å²) in [6.45, 7) is 2.17. The van der Waals surface area contributed by atoms with Crippen LogP contribution in [0.3, 0.4) is 0 Å². The number of imidazole rings is 1. The van der Waals surface area contributed by atoms with Crippen molar-refractivity contribution in [3.05, 3.63) is 200 Å². The molecule has 0 radical (unpaired) electrons. The Balaban J connectivity index is 0.00000410. The SMILES string of the molecule is CCc1ccnc(-n2c3ccccc3c3ccc(Oc4[c-]c(-n5[c-][n+](-c6c(-c7ccccc7)cccc6-c6ccccc6)c6ccccc65)ccc4)cc32)c1.[Pt+2]. The molecule has 10 aromatic rings. The van der Waals surface area contributed by atoms with Crippen LogP contribution in [0, 0.1) is 12.4 Å². The van der Waals surface area contributed by atoms with E-state index < -0.39 is 0 Å². The van der Waals surface area contributed by atoms with E-state index in [1.165, 1.54) is 10.9 Å². The normalized spacial score (nSPS) is 11.2. The molecule has 6 heteroatoms. The summed E-state index contributed by atoms with van der Waals surface area (Å²) in [6.07, 6.45) is 6.58. The van der Waals surface area contributed by atoms with E-state index in [1.54, 1.807) is 0 Å². The van der Waals surface area contributed by atoms with Crippen LogP contribution in [0.25, 0.3) is 72.3 Å². The van der Waals surface area contributed by atoms with Crippen LogP contribution in [0.4, 0.5) is 0 Å². The van der Waals surface area contributed by atoms with Crippen LogP contribution >= 0.6 is 0 Å². The molecule has 5 nitrogen and oxygen atoms in total.